The van der Waals surface area contributed by atoms with Gasteiger partial charge in [0.15, 0.2) is 11.6 Å². The Bertz CT molecular complexity index is 749. The molecular weight excluding hydrogens is 411 g/mol. The Labute approximate surface area is 190 Å². The summed E-state index contributed by atoms with van der Waals surface area (Å²) >= 11 is 0. The number of aliphatic hydroxyl groups is 1. The smallest absolute Gasteiger partial charge is 0.306 e. The summed E-state index contributed by atoms with van der Waals surface area (Å²) in [5.41, 5.74) is 0. The summed E-state index contributed by atoms with van der Waals surface area (Å²) in [6, 6.07) is 6.40. The Hall–Kier alpha value is -1.92. The summed E-state index contributed by atoms with van der Waals surface area (Å²) in [5, 5.41) is 10.6. The zero-order valence-electron chi connectivity index (χ0n) is 19.3. The van der Waals surface area contributed by atoms with E-state index < -0.39 is 6.10 Å². The van der Waals surface area contributed by atoms with E-state index in [4.69, 9.17) is 14.2 Å². The average molecular weight is 449 g/mol. The highest BCUT2D eigenvalue weighted by Gasteiger charge is 2.43. The lowest BCUT2D eigenvalue weighted by atomic mass is 9.86. The normalized spacial score (nSPS) is 28.0. The first kappa shape index (κ1) is 24.7. The number of halogens is 1. The molecule has 3 rings (SSSR count). The molecule has 0 amide bonds. The van der Waals surface area contributed by atoms with Crippen molar-refractivity contribution in [1.82, 2.24) is 0 Å². The van der Waals surface area contributed by atoms with Crippen LogP contribution < -0.4 is 4.74 Å². The molecular formula is C26H37FO5. The van der Waals surface area contributed by atoms with Crippen molar-refractivity contribution in [2.75, 3.05) is 13.2 Å². The Morgan fingerprint density at radius 3 is 2.91 bits per heavy atom. The second-order valence-electron chi connectivity index (χ2n) is 9.29. The quantitative estimate of drug-likeness (QED) is 0.308. The summed E-state index contributed by atoms with van der Waals surface area (Å²) in [4.78, 5) is 11.7. The lowest BCUT2D eigenvalue weighted by Gasteiger charge is -2.20. The molecule has 2 fully saturated rings. The minimum absolute atomic E-state index is 0.0643. The van der Waals surface area contributed by atoms with Gasteiger partial charge in [0.05, 0.1) is 24.9 Å². The molecule has 0 spiro atoms. The Kier molecular flexibility index (Phi) is 9.54. The average Bonchev–Trinajstić information content (AvgIpc) is 2.90. The van der Waals surface area contributed by atoms with Gasteiger partial charge in [-0.05, 0) is 69.9 Å². The van der Waals surface area contributed by atoms with Crippen molar-refractivity contribution in [2.45, 2.75) is 77.1 Å². The van der Waals surface area contributed by atoms with Crippen molar-refractivity contribution < 1.29 is 28.5 Å². The van der Waals surface area contributed by atoms with Gasteiger partial charge in [-0.1, -0.05) is 24.3 Å². The fourth-order valence-corrected chi connectivity index (χ4v) is 4.85. The third-order valence-electron chi connectivity index (χ3n) is 6.44. The molecule has 1 saturated heterocycles. The number of benzene rings is 1. The number of carbonyl (C=O) groups excluding carboxylic acids is 1. The minimum atomic E-state index is -0.393. The molecule has 5 atom stereocenters. The van der Waals surface area contributed by atoms with E-state index in [0.717, 1.165) is 25.7 Å². The van der Waals surface area contributed by atoms with Crippen LogP contribution in [-0.2, 0) is 14.3 Å². The summed E-state index contributed by atoms with van der Waals surface area (Å²) in [7, 11) is 0. The Balaban J connectivity index is 1.41. The topological polar surface area (TPSA) is 65.0 Å². The number of esters is 1. The van der Waals surface area contributed by atoms with E-state index >= 15 is 0 Å². The molecule has 1 heterocycles. The van der Waals surface area contributed by atoms with Crippen LogP contribution in [0.3, 0.4) is 0 Å². The Morgan fingerprint density at radius 1 is 1.31 bits per heavy atom. The number of ether oxygens (including phenoxy) is 3. The maximum atomic E-state index is 13.6. The van der Waals surface area contributed by atoms with Crippen LogP contribution in [0.5, 0.6) is 5.75 Å². The first-order valence-electron chi connectivity index (χ1n) is 12.0. The summed E-state index contributed by atoms with van der Waals surface area (Å²) < 4.78 is 30.5. The van der Waals surface area contributed by atoms with Crippen molar-refractivity contribution in [3.8, 4) is 5.75 Å². The number of para-hydroxylation sites is 1. The zero-order chi connectivity index (χ0) is 22.9. The summed E-state index contributed by atoms with van der Waals surface area (Å²) in [6.07, 6.45) is 9.38. The van der Waals surface area contributed by atoms with E-state index in [-0.39, 0.29) is 35.7 Å². The number of aliphatic hydroxyl groups excluding tert-OH is 1. The van der Waals surface area contributed by atoms with Crippen LogP contribution >= 0.6 is 0 Å². The van der Waals surface area contributed by atoms with Gasteiger partial charge in [-0.3, -0.25) is 4.79 Å². The predicted octanol–water partition coefficient (Wildman–Crippen LogP) is 5.06. The lowest BCUT2D eigenvalue weighted by Crippen LogP contribution is -2.21. The van der Waals surface area contributed by atoms with Gasteiger partial charge in [0.1, 0.15) is 0 Å². The fourth-order valence-electron chi connectivity index (χ4n) is 4.85. The molecule has 0 radical (unpaired) electrons. The molecule has 5 nitrogen and oxygen atoms in total. The van der Waals surface area contributed by atoms with Crippen molar-refractivity contribution >= 4 is 5.97 Å². The first-order chi connectivity index (χ1) is 15.4. The molecule has 178 valence electrons. The molecule has 1 N–H and O–H groups in total. The highest BCUT2D eigenvalue weighted by Crippen LogP contribution is 2.42. The maximum absolute atomic E-state index is 13.6. The largest absolute Gasteiger partial charge is 0.490 e. The molecule has 32 heavy (non-hydrogen) atoms. The van der Waals surface area contributed by atoms with Gasteiger partial charge in [-0.15, -0.1) is 0 Å². The molecule has 6 heteroatoms. The number of carbonyl (C=O) groups is 1. The molecule has 1 aliphatic heterocycles. The number of fused-ring (bicyclic) bond motifs is 1. The van der Waals surface area contributed by atoms with E-state index in [1.165, 1.54) is 6.07 Å². The van der Waals surface area contributed by atoms with Crippen molar-refractivity contribution in [3.05, 3.63) is 42.2 Å². The highest BCUT2D eigenvalue weighted by molar-refractivity contribution is 5.69. The fraction of sp³-hybridized carbons (Fsp3) is 0.654. The molecule has 0 aromatic heterocycles. The molecule has 0 unspecified atom stereocenters. The van der Waals surface area contributed by atoms with Crippen LogP contribution in [0.1, 0.15) is 58.8 Å². The summed E-state index contributed by atoms with van der Waals surface area (Å²) in [5.74, 6) is 0.620. The van der Waals surface area contributed by atoms with Crippen LogP contribution in [0.15, 0.2) is 36.4 Å². The van der Waals surface area contributed by atoms with Crippen molar-refractivity contribution in [2.24, 2.45) is 17.8 Å². The van der Waals surface area contributed by atoms with Crippen molar-refractivity contribution in [1.29, 1.82) is 0 Å². The standard InChI is InChI=1S/C26H37FO5/c1-18(2)32-26(29)12-7-8-19-13-14-21-20(23(28)16-25(21)31-17-19)9-5-6-15-30-24-11-4-3-10-22(24)27/h3-5,9-11,18-21,23,25,28H,6-8,12-17H2,1-2H3/b9-5+/t19-,20+,21+,23+,25-/m0/s1. The predicted molar refractivity (Wildman–Crippen MR) is 121 cm³/mol. The molecule has 2 aliphatic rings. The van der Waals surface area contributed by atoms with Gasteiger partial charge in [0.25, 0.3) is 0 Å². The number of hydrogen-bond acceptors (Lipinski definition) is 5. The first-order valence-corrected chi connectivity index (χ1v) is 12.0. The second-order valence-corrected chi connectivity index (χ2v) is 9.29. The monoisotopic (exact) mass is 448 g/mol. The molecule has 1 aliphatic carbocycles. The van der Waals surface area contributed by atoms with Crippen LogP contribution in [0.25, 0.3) is 0 Å². The summed E-state index contributed by atoms with van der Waals surface area (Å²) in [6.45, 7) is 4.82. The van der Waals surface area contributed by atoms with Gasteiger partial charge in [0.2, 0.25) is 0 Å². The van der Waals surface area contributed by atoms with Gasteiger partial charge in [0, 0.05) is 25.4 Å². The van der Waals surface area contributed by atoms with E-state index in [1.807, 2.05) is 19.9 Å². The molecule has 1 saturated carbocycles. The minimum Gasteiger partial charge on any atom is -0.490 e. The van der Waals surface area contributed by atoms with E-state index in [9.17, 15) is 14.3 Å². The van der Waals surface area contributed by atoms with Gasteiger partial charge < -0.3 is 19.3 Å². The Morgan fingerprint density at radius 2 is 2.12 bits per heavy atom. The molecule has 1 aromatic rings. The SMILES string of the molecule is CC(C)OC(=O)CCC[C@H]1CC[C@@H]2[C@@H](/C=C/CCOc3ccccc3F)[C@H](O)C[C@@H]2OC1. The van der Waals surface area contributed by atoms with Gasteiger partial charge in [-0.2, -0.15) is 0 Å². The molecule has 0 bridgehead atoms. The maximum Gasteiger partial charge on any atom is 0.306 e. The van der Waals surface area contributed by atoms with E-state index in [1.54, 1.807) is 18.2 Å². The van der Waals surface area contributed by atoms with Crippen molar-refractivity contribution in [3.63, 3.8) is 0 Å². The van der Waals surface area contributed by atoms with Gasteiger partial charge >= 0.3 is 5.97 Å². The number of hydrogen-bond donors (Lipinski definition) is 1. The molecule has 1 aromatic carbocycles. The third-order valence-corrected chi connectivity index (χ3v) is 6.44. The van der Waals surface area contributed by atoms with Gasteiger partial charge in [-0.25, -0.2) is 4.39 Å². The van der Waals surface area contributed by atoms with Crippen LogP contribution in [0.2, 0.25) is 0 Å². The van der Waals surface area contributed by atoms with E-state index in [0.29, 0.717) is 44.3 Å². The lowest BCUT2D eigenvalue weighted by molar-refractivity contribution is -0.147. The number of rotatable bonds is 10. The van der Waals surface area contributed by atoms with Crippen LogP contribution in [0, 0.1) is 23.6 Å². The third kappa shape index (κ3) is 7.31. The second kappa shape index (κ2) is 12.4. The van der Waals surface area contributed by atoms with E-state index in [2.05, 4.69) is 6.08 Å². The highest BCUT2D eigenvalue weighted by atomic mass is 19.1. The van der Waals surface area contributed by atoms with Crippen LogP contribution in [0.4, 0.5) is 4.39 Å². The van der Waals surface area contributed by atoms with Crippen LogP contribution in [-0.4, -0.2) is 42.6 Å². The zero-order valence-corrected chi connectivity index (χ0v) is 19.3.